The van der Waals surface area contributed by atoms with Gasteiger partial charge in [-0.25, -0.2) is 4.98 Å². The summed E-state index contributed by atoms with van der Waals surface area (Å²) in [5, 5.41) is 0. The Morgan fingerprint density at radius 3 is 2.59 bits per heavy atom. The molecule has 0 saturated heterocycles. The largest absolute Gasteiger partial charge is 0.333 e. The Morgan fingerprint density at radius 2 is 1.86 bits per heavy atom. The van der Waals surface area contributed by atoms with E-state index in [1.165, 1.54) is 0 Å². The van der Waals surface area contributed by atoms with Crippen molar-refractivity contribution in [2.75, 3.05) is 6.54 Å². The van der Waals surface area contributed by atoms with E-state index in [4.69, 9.17) is 0 Å². The number of aryl methyl sites for hydroxylation is 1. The molecule has 0 unspecified atom stereocenters. The highest BCUT2D eigenvalue weighted by atomic mass is 16.2. The van der Waals surface area contributed by atoms with Gasteiger partial charge in [0.05, 0.1) is 5.69 Å². The monoisotopic (exact) mass is 293 g/mol. The predicted molar refractivity (Wildman–Crippen MR) is 86.8 cm³/mol. The number of hydrogen-bond donors (Lipinski definition) is 0. The first kappa shape index (κ1) is 14.3. The van der Waals surface area contributed by atoms with Crippen LogP contribution in [0.2, 0.25) is 0 Å². The second kappa shape index (κ2) is 6.02. The number of imidazole rings is 1. The van der Waals surface area contributed by atoms with Crippen LogP contribution < -0.4 is 0 Å². The summed E-state index contributed by atoms with van der Waals surface area (Å²) in [6.07, 6.45) is 1.89. The lowest BCUT2D eigenvalue weighted by Crippen LogP contribution is -2.31. The summed E-state index contributed by atoms with van der Waals surface area (Å²) in [6.45, 7) is 5.15. The molecular formula is C18H19N3O. The second-order valence-electron chi connectivity index (χ2n) is 5.28. The van der Waals surface area contributed by atoms with Gasteiger partial charge in [-0.15, -0.1) is 0 Å². The van der Waals surface area contributed by atoms with Gasteiger partial charge in [0.2, 0.25) is 0 Å². The first-order valence-electron chi connectivity index (χ1n) is 7.47. The fourth-order valence-corrected chi connectivity index (χ4v) is 2.65. The molecule has 4 heteroatoms. The number of rotatable bonds is 4. The van der Waals surface area contributed by atoms with Gasteiger partial charge in [0, 0.05) is 19.3 Å². The fourth-order valence-electron chi connectivity index (χ4n) is 2.65. The van der Waals surface area contributed by atoms with Gasteiger partial charge in [0.1, 0.15) is 11.3 Å². The van der Waals surface area contributed by atoms with Gasteiger partial charge in [-0.1, -0.05) is 36.4 Å². The molecule has 0 N–H and O–H groups in total. The smallest absolute Gasteiger partial charge is 0.273 e. The molecule has 22 heavy (non-hydrogen) atoms. The van der Waals surface area contributed by atoms with E-state index in [1.54, 1.807) is 0 Å². The van der Waals surface area contributed by atoms with Crippen LogP contribution in [0.4, 0.5) is 0 Å². The molecule has 0 saturated carbocycles. The van der Waals surface area contributed by atoms with E-state index in [1.807, 2.05) is 77.9 Å². The van der Waals surface area contributed by atoms with E-state index in [9.17, 15) is 4.79 Å². The zero-order chi connectivity index (χ0) is 15.5. The molecule has 0 spiro atoms. The molecule has 0 fully saturated rings. The average molecular weight is 293 g/mol. The van der Waals surface area contributed by atoms with Crippen molar-refractivity contribution in [1.82, 2.24) is 14.3 Å². The molecule has 0 aliphatic heterocycles. The van der Waals surface area contributed by atoms with Crippen molar-refractivity contribution >= 4 is 11.6 Å². The number of carbonyl (C=O) groups excluding carboxylic acids is 1. The minimum Gasteiger partial charge on any atom is -0.333 e. The van der Waals surface area contributed by atoms with Crippen LogP contribution >= 0.6 is 0 Å². The van der Waals surface area contributed by atoms with Crippen LogP contribution in [0.5, 0.6) is 0 Å². The van der Waals surface area contributed by atoms with Crippen molar-refractivity contribution in [2.45, 2.75) is 20.4 Å². The minimum atomic E-state index is 0.0163. The summed E-state index contributed by atoms with van der Waals surface area (Å²) in [5.74, 6) is 0.0163. The molecule has 0 aliphatic carbocycles. The van der Waals surface area contributed by atoms with Crippen LogP contribution in [0.15, 0.2) is 54.7 Å². The Balaban J connectivity index is 1.95. The number of amides is 1. The van der Waals surface area contributed by atoms with E-state index in [0.717, 1.165) is 16.9 Å². The van der Waals surface area contributed by atoms with Crippen molar-refractivity contribution in [3.8, 4) is 0 Å². The number of hydrogen-bond acceptors (Lipinski definition) is 2. The Labute approximate surface area is 130 Å². The van der Waals surface area contributed by atoms with E-state index >= 15 is 0 Å². The van der Waals surface area contributed by atoms with Gasteiger partial charge in [0.25, 0.3) is 5.91 Å². The molecule has 0 bridgehead atoms. The predicted octanol–water partition coefficient (Wildman–Crippen LogP) is 3.31. The molecule has 1 aromatic carbocycles. The van der Waals surface area contributed by atoms with E-state index in [2.05, 4.69) is 4.98 Å². The summed E-state index contributed by atoms with van der Waals surface area (Å²) < 4.78 is 1.87. The van der Waals surface area contributed by atoms with Crippen LogP contribution in [0.1, 0.15) is 28.7 Å². The second-order valence-corrected chi connectivity index (χ2v) is 5.28. The average Bonchev–Trinajstić information content (AvgIpc) is 2.88. The number of aromatic nitrogens is 2. The highest BCUT2D eigenvalue weighted by Crippen LogP contribution is 2.16. The Morgan fingerprint density at radius 1 is 1.14 bits per heavy atom. The summed E-state index contributed by atoms with van der Waals surface area (Å²) in [4.78, 5) is 19.3. The summed E-state index contributed by atoms with van der Waals surface area (Å²) in [7, 11) is 0. The van der Waals surface area contributed by atoms with Crippen molar-refractivity contribution < 1.29 is 4.79 Å². The third-order valence-electron chi connectivity index (χ3n) is 3.79. The van der Waals surface area contributed by atoms with Gasteiger partial charge in [-0.3, -0.25) is 9.20 Å². The van der Waals surface area contributed by atoms with Crippen molar-refractivity contribution in [3.05, 3.63) is 71.7 Å². The van der Waals surface area contributed by atoms with Crippen LogP contribution in [-0.2, 0) is 6.54 Å². The van der Waals surface area contributed by atoms with Gasteiger partial charge >= 0.3 is 0 Å². The normalized spacial score (nSPS) is 10.8. The molecule has 2 heterocycles. The Bertz CT molecular complexity index is 792. The van der Waals surface area contributed by atoms with Gasteiger partial charge in [-0.2, -0.15) is 0 Å². The van der Waals surface area contributed by atoms with Crippen LogP contribution in [0.3, 0.4) is 0 Å². The molecule has 3 aromatic rings. The minimum absolute atomic E-state index is 0.0163. The van der Waals surface area contributed by atoms with Crippen molar-refractivity contribution in [1.29, 1.82) is 0 Å². The van der Waals surface area contributed by atoms with E-state index in [-0.39, 0.29) is 5.91 Å². The first-order valence-corrected chi connectivity index (χ1v) is 7.47. The zero-order valence-corrected chi connectivity index (χ0v) is 12.9. The summed E-state index contributed by atoms with van der Waals surface area (Å²) in [5.41, 5.74) is 3.35. The quantitative estimate of drug-likeness (QED) is 0.740. The molecule has 3 rings (SSSR count). The lowest BCUT2D eigenvalue weighted by Gasteiger charge is -2.21. The standard InChI is InChI=1S/C18H19N3O/c1-3-20(13-15-9-5-4-6-10-15)18(22)17-14(2)19-16-11-7-8-12-21(16)17/h4-12H,3,13H2,1-2H3. The topological polar surface area (TPSA) is 37.6 Å². The van der Waals surface area contributed by atoms with Crippen molar-refractivity contribution in [2.24, 2.45) is 0 Å². The molecule has 1 amide bonds. The molecule has 0 radical (unpaired) electrons. The molecule has 4 nitrogen and oxygen atoms in total. The number of fused-ring (bicyclic) bond motifs is 1. The summed E-state index contributed by atoms with van der Waals surface area (Å²) >= 11 is 0. The van der Waals surface area contributed by atoms with Crippen LogP contribution in [-0.4, -0.2) is 26.7 Å². The fraction of sp³-hybridized carbons (Fsp3) is 0.222. The molecular weight excluding hydrogens is 274 g/mol. The maximum absolute atomic E-state index is 12.9. The molecule has 0 aliphatic rings. The van der Waals surface area contributed by atoms with Gasteiger partial charge < -0.3 is 4.90 Å². The van der Waals surface area contributed by atoms with E-state index < -0.39 is 0 Å². The van der Waals surface area contributed by atoms with Gasteiger partial charge in [0.15, 0.2) is 0 Å². The lowest BCUT2D eigenvalue weighted by atomic mass is 10.2. The third kappa shape index (κ3) is 2.60. The Kier molecular flexibility index (Phi) is 3.92. The van der Waals surface area contributed by atoms with Crippen LogP contribution in [0, 0.1) is 6.92 Å². The van der Waals surface area contributed by atoms with Gasteiger partial charge in [-0.05, 0) is 31.5 Å². The highest BCUT2D eigenvalue weighted by Gasteiger charge is 2.21. The summed E-state index contributed by atoms with van der Waals surface area (Å²) in [6, 6.07) is 15.8. The SMILES string of the molecule is CCN(Cc1ccccc1)C(=O)c1c(C)nc2ccccn12. The maximum Gasteiger partial charge on any atom is 0.273 e. The Hall–Kier alpha value is -2.62. The lowest BCUT2D eigenvalue weighted by molar-refractivity contribution is 0.0745. The maximum atomic E-state index is 12.9. The number of pyridine rings is 1. The van der Waals surface area contributed by atoms with E-state index in [0.29, 0.717) is 18.8 Å². The molecule has 2 aromatic heterocycles. The number of nitrogens with zero attached hydrogens (tertiary/aromatic N) is 3. The molecule has 0 atom stereocenters. The zero-order valence-electron chi connectivity index (χ0n) is 12.9. The highest BCUT2D eigenvalue weighted by molar-refractivity contribution is 5.94. The number of carbonyl (C=O) groups is 1. The molecule has 112 valence electrons. The van der Waals surface area contributed by atoms with Crippen LogP contribution in [0.25, 0.3) is 5.65 Å². The van der Waals surface area contributed by atoms with Crippen molar-refractivity contribution in [3.63, 3.8) is 0 Å². The number of benzene rings is 1. The third-order valence-corrected chi connectivity index (χ3v) is 3.79. The first-order chi connectivity index (χ1) is 10.7.